The monoisotopic (exact) mass is 228 g/mol. The van der Waals surface area contributed by atoms with Crippen molar-refractivity contribution in [2.75, 3.05) is 6.61 Å². The van der Waals surface area contributed by atoms with Crippen LogP contribution < -0.4 is 0 Å². The molecule has 0 aromatic rings. The molecule has 16 heavy (non-hydrogen) atoms. The number of rotatable bonds is 7. The molecule has 0 aliphatic rings. The van der Waals surface area contributed by atoms with Gasteiger partial charge in [-0.05, 0) is 13.3 Å². The molecule has 1 unspecified atom stereocenters. The van der Waals surface area contributed by atoms with Crippen LogP contribution in [0.25, 0.3) is 0 Å². The maximum absolute atomic E-state index is 11.1. The van der Waals surface area contributed by atoms with E-state index >= 15 is 0 Å². The van der Waals surface area contributed by atoms with E-state index in [4.69, 9.17) is 9.84 Å². The fourth-order valence-corrected chi connectivity index (χ4v) is 1.23. The molecule has 1 atom stereocenters. The molecule has 0 aromatic heterocycles. The van der Waals surface area contributed by atoms with Crippen molar-refractivity contribution in [2.45, 2.75) is 38.7 Å². The average molecular weight is 228 g/mol. The minimum absolute atomic E-state index is 0.0735. The Morgan fingerprint density at radius 3 is 2.38 bits per heavy atom. The van der Waals surface area contributed by atoms with Crippen molar-refractivity contribution in [2.24, 2.45) is 0 Å². The van der Waals surface area contributed by atoms with Crippen molar-refractivity contribution in [1.82, 2.24) is 0 Å². The van der Waals surface area contributed by atoms with Gasteiger partial charge in [-0.1, -0.05) is 20.1 Å². The Morgan fingerprint density at radius 2 is 2.00 bits per heavy atom. The van der Waals surface area contributed by atoms with Crippen molar-refractivity contribution in [3.05, 3.63) is 24.5 Å². The van der Waals surface area contributed by atoms with Crippen molar-refractivity contribution in [1.29, 1.82) is 0 Å². The lowest BCUT2D eigenvalue weighted by molar-refractivity contribution is -0.140. The molecule has 0 amide bonds. The Kier molecular flexibility index (Phi) is 5.82. The number of esters is 1. The van der Waals surface area contributed by atoms with Gasteiger partial charge in [-0.15, -0.1) is 0 Å². The molecular weight excluding hydrogens is 208 g/mol. The average Bonchev–Trinajstić information content (AvgIpc) is 2.16. The lowest BCUT2D eigenvalue weighted by atomic mass is 9.92. The van der Waals surface area contributed by atoms with Gasteiger partial charge in [-0.3, -0.25) is 0 Å². The molecule has 4 nitrogen and oxygen atoms in total. The molecule has 0 saturated carbocycles. The molecule has 0 spiro atoms. The van der Waals surface area contributed by atoms with E-state index in [0.29, 0.717) is 12.0 Å². The van der Waals surface area contributed by atoms with Gasteiger partial charge in [0.1, 0.15) is 0 Å². The molecule has 0 heterocycles. The van der Waals surface area contributed by atoms with Gasteiger partial charge in [-0.2, -0.15) is 0 Å². The maximum Gasteiger partial charge on any atom is 0.333 e. The molecule has 0 bridgehead atoms. The second-order valence-electron chi connectivity index (χ2n) is 3.99. The smallest absolute Gasteiger partial charge is 0.333 e. The van der Waals surface area contributed by atoms with Crippen LogP contribution in [0.5, 0.6) is 0 Å². The summed E-state index contributed by atoms with van der Waals surface area (Å²) in [5.41, 5.74) is -0.743. The number of aliphatic hydroxyl groups excluding tert-OH is 1. The lowest BCUT2D eigenvalue weighted by Crippen LogP contribution is -2.30. The summed E-state index contributed by atoms with van der Waals surface area (Å²) in [6, 6.07) is 0. The molecule has 0 radical (unpaired) electrons. The molecule has 0 rings (SSSR count). The topological polar surface area (TPSA) is 66.8 Å². The molecule has 0 aliphatic carbocycles. The van der Waals surface area contributed by atoms with Crippen LogP contribution in [0.4, 0.5) is 0 Å². The van der Waals surface area contributed by atoms with Crippen LogP contribution in [0.1, 0.15) is 33.1 Å². The summed E-state index contributed by atoms with van der Waals surface area (Å²) in [6.07, 6.45) is 0.813. The molecule has 92 valence electrons. The number of aliphatic hydroxyl groups is 2. The van der Waals surface area contributed by atoms with Gasteiger partial charge < -0.3 is 14.9 Å². The minimum atomic E-state index is -1.07. The summed E-state index contributed by atoms with van der Waals surface area (Å²) in [4.78, 5) is 11.1. The molecule has 0 aliphatic heterocycles. The van der Waals surface area contributed by atoms with E-state index < -0.39 is 11.6 Å². The van der Waals surface area contributed by atoms with Crippen LogP contribution in [0.3, 0.4) is 0 Å². The third kappa shape index (κ3) is 5.56. The largest absolute Gasteiger partial charge is 0.513 e. The molecule has 4 heteroatoms. The number of ether oxygens (including phenoxy) is 1. The zero-order chi connectivity index (χ0) is 12.8. The van der Waals surface area contributed by atoms with Crippen LogP contribution in [0.2, 0.25) is 0 Å². The van der Waals surface area contributed by atoms with Gasteiger partial charge in [0.2, 0.25) is 0 Å². The fourth-order valence-electron chi connectivity index (χ4n) is 1.23. The highest BCUT2D eigenvalue weighted by atomic mass is 16.5. The van der Waals surface area contributed by atoms with E-state index in [1.54, 1.807) is 13.8 Å². The van der Waals surface area contributed by atoms with Crippen molar-refractivity contribution >= 4 is 5.97 Å². The predicted octanol–water partition coefficient (Wildman–Crippen LogP) is 2.10. The van der Waals surface area contributed by atoms with Crippen molar-refractivity contribution < 1.29 is 19.7 Å². The highest BCUT2D eigenvalue weighted by Gasteiger charge is 2.26. The van der Waals surface area contributed by atoms with Gasteiger partial charge in [0.25, 0.3) is 0 Å². The van der Waals surface area contributed by atoms with Crippen LogP contribution >= 0.6 is 0 Å². The minimum Gasteiger partial charge on any atom is -0.513 e. The second kappa shape index (κ2) is 6.33. The van der Waals surface area contributed by atoms with Crippen LogP contribution in [0, 0.1) is 0 Å². The molecule has 0 fully saturated rings. The summed E-state index contributed by atoms with van der Waals surface area (Å²) in [5, 5.41) is 19.0. The number of hydrogen-bond acceptors (Lipinski definition) is 4. The zero-order valence-corrected chi connectivity index (χ0v) is 9.95. The van der Waals surface area contributed by atoms with Crippen LogP contribution in [-0.2, 0) is 9.53 Å². The summed E-state index contributed by atoms with van der Waals surface area (Å²) >= 11 is 0. The highest BCUT2D eigenvalue weighted by Crippen LogP contribution is 2.22. The standard InChI is InChI=1S/C12H20O4/c1-5-12(15,8-10(4)13)6-7-16-11(14)9(2)3/h13,15H,2,4-8H2,1,3H3. The van der Waals surface area contributed by atoms with Gasteiger partial charge in [0.05, 0.1) is 18.0 Å². The molecule has 0 saturated heterocycles. The lowest BCUT2D eigenvalue weighted by Gasteiger charge is -2.25. The Hall–Kier alpha value is -1.29. The Morgan fingerprint density at radius 1 is 1.44 bits per heavy atom. The van der Waals surface area contributed by atoms with E-state index in [1.807, 2.05) is 0 Å². The highest BCUT2D eigenvalue weighted by molar-refractivity contribution is 5.86. The summed E-state index contributed by atoms with van der Waals surface area (Å²) in [5.74, 6) is -0.545. The third-order valence-corrected chi connectivity index (χ3v) is 2.34. The van der Waals surface area contributed by atoms with Gasteiger partial charge in [-0.25, -0.2) is 4.79 Å². The maximum atomic E-state index is 11.1. The van der Waals surface area contributed by atoms with Crippen LogP contribution in [-0.4, -0.2) is 28.4 Å². The van der Waals surface area contributed by atoms with E-state index in [9.17, 15) is 9.90 Å². The van der Waals surface area contributed by atoms with E-state index in [2.05, 4.69) is 13.2 Å². The van der Waals surface area contributed by atoms with Gasteiger partial charge in [0.15, 0.2) is 0 Å². The van der Waals surface area contributed by atoms with Gasteiger partial charge in [0, 0.05) is 18.4 Å². The Balaban J connectivity index is 4.09. The molecule has 2 N–H and O–H groups in total. The summed E-state index contributed by atoms with van der Waals surface area (Å²) in [6.45, 7) is 10.2. The van der Waals surface area contributed by atoms with Crippen molar-refractivity contribution in [3.8, 4) is 0 Å². The Labute approximate surface area is 96.2 Å². The third-order valence-electron chi connectivity index (χ3n) is 2.34. The quantitative estimate of drug-likeness (QED) is 0.398. The first-order valence-corrected chi connectivity index (χ1v) is 5.22. The number of carbonyl (C=O) groups is 1. The van der Waals surface area contributed by atoms with Crippen molar-refractivity contribution in [3.63, 3.8) is 0 Å². The molecular formula is C12H20O4. The summed E-state index contributed by atoms with van der Waals surface area (Å²) < 4.78 is 4.87. The summed E-state index contributed by atoms with van der Waals surface area (Å²) in [7, 11) is 0. The number of carbonyl (C=O) groups excluding carboxylic acids is 1. The van der Waals surface area contributed by atoms with Crippen LogP contribution in [0.15, 0.2) is 24.5 Å². The number of hydrogen-bond donors (Lipinski definition) is 2. The van der Waals surface area contributed by atoms with E-state index in [0.717, 1.165) is 0 Å². The predicted molar refractivity (Wildman–Crippen MR) is 62.0 cm³/mol. The molecule has 0 aromatic carbocycles. The first-order chi connectivity index (χ1) is 7.30. The SMILES string of the molecule is C=C(O)CC(O)(CC)CCOC(=O)C(=C)C. The van der Waals surface area contributed by atoms with E-state index in [-0.39, 0.29) is 25.2 Å². The zero-order valence-electron chi connectivity index (χ0n) is 9.95. The fraction of sp³-hybridized carbons (Fsp3) is 0.583. The first kappa shape index (κ1) is 14.7. The van der Waals surface area contributed by atoms with E-state index in [1.165, 1.54) is 0 Å². The first-order valence-electron chi connectivity index (χ1n) is 5.22. The van der Waals surface area contributed by atoms with Gasteiger partial charge >= 0.3 is 5.97 Å². The normalized spacial score (nSPS) is 13.9. The second-order valence-corrected chi connectivity index (χ2v) is 3.99. The Bertz CT molecular complexity index is 283.